The molecule has 0 aliphatic carbocycles. The zero-order valence-electron chi connectivity index (χ0n) is 16.1. The molecule has 0 saturated heterocycles. The summed E-state index contributed by atoms with van der Waals surface area (Å²) in [7, 11) is 20.6. The van der Waals surface area contributed by atoms with Gasteiger partial charge in [0.1, 0.15) is 0 Å². The van der Waals surface area contributed by atoms with Crippen molar-refractivity contribution in [1.82, 2.24) is 0 Å². The zero-order chi connectivity index (χ0) is 16.9. The first kappa shape index (κ1) is 20.3. The maximum absolute atomic E-state index is 2.46. The third-order valence-corrected chi connectivity index (χ3v) is 5.71. The molecule has 1 aromatic carbocycles. The first-order chi connectivity index (χ1) is 10.3. The summed E-state index contributed by atoms with van der Waals surface area (Å²) in [5.41, 5.74) is 1.51. The van der Waals surface area contributed by atoms with Crippen LogP contribution in [0.1, 0.15) is 0 Å². The van der Waals surface area contributed by atoms with Gasteiger partial charge in [0.25, 0.3) is 0 Å². The molecule has 0 unspecified atom stereocenters. The van der Waals surface area contributed by atoms with Crippen molar-refractivity contribution in [3.8, 4) is 0 Å². The molecule has 0 radical (unpaired) electrons. The van der Waals surface area contributed by atoms with Gasteiger partial charge in [0.05, 0.1) is 68.4 Å². The van der Waals surface area contributed by atoms with E-state index in [-0.39, 0.29) is 0 Å². The molecule has 1 aromatic rings. The second-order valence-corrected chi connectivity index (χ2v) is 8.16. The molecule has 0 atom stereocenters. The molecule has 0 heterocycles. The summed E-state index contributed by atoms with van der Waals surface area (Å²) in [6.07, 6.45) is 4.56. The molecule has 0 N–H and O–H groups in total. The topological polar surface area (TPSA) is 0 Å². The number of hydrogen-bond donors (Lipinski definition) is 0. The molecule has 0 spiro atoms. The van der Waals surface area contributed by atoms with Crippen molar-refractivity contribution in [1.29, 1.82) is 0 Å². The van der Waals surface area contributed by atoms with Gasteiger partial charge in [-0.3, -0.25) is 0 Å². The standard InChI is InChI=1S/C6H22B16/c7-15-20(17(9)10)21(22(18(11)12)19(13)14)16(8)6-4-2-1-3-5-6/h1-5,15H,7-14H2. The average Bonchev–Trinajstić information content (AvgIpc) is 2.46. The summed E-state index contributed by atoms with van der Waals surface area (Å²) in [6, 6.07) is 11.2. The molecule has 1 rings (SSSR count). The van der Waals surface area contributed by atoms with Gasteiger partial charge in [-0.25, -0.2) is 0 Å². The number of benzene rings is 1. The van der Waals surface area contributed by atoms with E-state index >= 15 is 0 Å². The molecule has 0 bridgehead atoms. The van der Waals surface area contributed by atoms with Crippen LogP contribution in [-0.4, -0.2) is 114 Å². The van der Waals surface area contributed by atoms with Crippen molar-refractivity contribution in [2.24, 2.45) is 0 Å². The first-order valence-corrected chi connectivity index (χ1v) is 9.36. The minimum Gasteiger partial charge on any atom is -0.0985 e. The molecular formula is C6H22B16. The van der Waals surface area contributed by atoms with Crippen molar-refractivity contribution < 1.29 is 0 Å². The van der Waals surface area contributed by atoms with Crippen LogP contribution in [0.15, 0.2) is 30.3 Å². The smallest absolute Gasteiger partial charge is 0.0903 e. The van der Waals surface area contributed by atoms with Crippen LogP contribution in [-0.2, 0) is 0 Å². The van der Waals surface area contributed by atoms with E-state index in [1.54, 1.807) is 0 Å². The molecule has 0 fully saturated rings. The van der Waals surface area contributed by atoms with Crippen molar-refractivity contribution in [2.75, 3.05) is 0 Å². The Morgan fingerprint density at radius 3 is 1.55 bits per heavy atom. The summed E-state index contributed by atoms with van der Waals surface area (Å²) in [5.74, 6) is 0. The molecule has 94 valence electrons. The fourth-order valence-corrected chi connectivity index (χ4v) is 4.82. The highest BCUT2D eigenvalue weighted by Gasteiger charge is 2.43. The van der Waals surface area contributed by atoms with E-state index in [9.17, 15) is 0 Å². The molecule has 22 heavy (non-hydrogen) atoms. The second-order valence-electron chi connectivity index (χ2n) is 8.16. The van der Waals surface area contributed by atoms with Crippen molar-refractivity contribution in [3.05, 3.63) is 30.3 Å². The summed E-state index contributed by atoms with van der Waals surface area (Å²) < 4.78 is 0. The van der Waals surface area contributed by atoms with Gasteiger partial charge < -0.3 is 0 Å². The first-order valence-electron chi connectivity index (χ1n) is 9.36. The molecule has 0 aromatic heterocycles. The predicted octanol–water partition coefficient (Wildman–Crippen LogP) is -9.78. The molecule has 16 heteroatoms. The molecule has 0 aliphatic rings. The van der Waals surface area contributed by atoms with Gasteiger partial charge in [0.15, 0.2) is 0 Å². The normalized spacial score (nSPS) is 9.45. The van der Waals surface area contributed by atoms with Gasteiger partial charge in [0, 0.05) is 45.4 Å². The fraction of sp³-hybridized carbons (Fsp3) is 0. The van der Waals surface area contributed by atoms with E-state index in [1.807, 2.05) is 0 Å². The van der Waals surface area contributed by atoms with Gasteiger partial charge in [-0.05, 0) is 0 Å². The summed E-state index contributed by atoms with van der Waals surface area (Å²) in [4.78, 5) is 0. The Bertz CT molecular complexity index is 412. The van der Waals surface area contributed by atoms with Gasteiger partial charge in [-0.15, -0.1) is 0 Å². The Morgan fingerprint density at radius 2 is 1.18 bits per heavy atom. The Labute approximate surface area is 149 Å². The van der Waals surface area contributed by atoms with E-state index in [4.69, 9.17) is 0 Å². The zero-order valence-corrected chi connectivity index (χ0v) is 16.1. The van der Waals surface area contributed by atoms with E-state index in [0.29, 0.717) is 6.49 Å². The molecule has 0 nitrogen and oxygen atoms in total. The predicted molar refractivity (Wildman–Crippen MR) is 142 cm³/mol. The molecule has 0 saturated carbocycles. The third kappa shape index (κ3) is 5.13. The fourth-order valence-electron chi connectivity index (χ4n) is 4.82. The highest BCUT2D eigenvalue weighted by atomic mass is 13.8. The van der Waals surface area contributed by atoms with Gasteiger partial charge in [0.2, 0.25) is 0 Å². The van der Waals surface area contributed by atoms with Crippen LogP contribution in [0.4, 0.5) is 0 Å². The van der Waals surface area contributed by atoms with E-state index in [1.165, 1.54) is 12.5 Å². The lowest BCUT2D eigenvalue weighted by atomic mass is 8.44. The van der Waals surface area contributed by atoms with E-state index in [2.05, 4.69) is 92.2 Å². The van der Waals surface area contributed by atoms with Crippen LogP contribution in [0.2, 0.25) is 0 Å². The monoisotopic (exact) mass is 270 g/mol. The second kappa shape index (κ2) is 9.53. The van der Waals surface area contributed by atoms with Crippen molar-refractivity contribution in [2.45, 2.75) is 0 Å². The van der Waals surface area contributed by atoms with Crippen molar-refractivity contribution in [3.63, 3.8) is 0 Å². The highest BCUT2D eigenvalue weighted by Crippen LogP contribution is 2.04. The Balaban J connectivity index is 3.26. The lowest BCUT2D eigenvalue weighted by molar-refractivity contribution is 1.77. The van der Waals surface area contributed by atoms with Gasteiger partial charge in [-0.2, -0.15) is 0 Å². The maximum atomic E-state index is 2.46. The Morgan fingerprint density at radius 1 is 0.682 bits per heavy atom. The van der Waals surface area contributed by atoms with Gasteiger partial charge in [-0.1, -0.05) is 35.8 Å². The van der Waals surface area contributed by atoms with Crippen LogP contribution in [0.25, 0.3) is 0 Å². The Kier molecular flexibility index (Phi) is 8.79. The Hall–Kier alpha value is 0.259. The van der Waals surface area contributed by atoms with Crippen LogP contribution >= 0.6 is 0 Å². The summed E-state index contributed by atoms with van der Waals surface area (Å²) in [6.45, 7) is 0.628. The van der Waals surface area contributed by atoms with Crippen LogP contribution < -0.4 is 5.46 Å². The molecule has 0 amide bonds. The molecular weight excluding hydrogens is 245 g/mol. The van der Waals surface area contributed by atoms with E-state index in [0.717, 1.165) is 38.3 Å². The summed E-state index contributed by atoms with van der Waals surface area (Å²) in [5, 5.41) is 0. The van der Waals surface area contributed by atoms with Crippen LogP contribution in [0.5, 0.6) is 0 Å². The quantitative estimate of drug-likeness (QED) is 0.410. The van der Waals surface area contributed by atoms with Crippen molar-refractivity contribution >= 4 is 119 Å². The minimum absolute atomic E-state index is 0.628. The maximum Gasteiger partial charge on any atom is 0.0903 e. The lowest BCUT2D eigenvalue weighted by Gasteiger charge is -2.38. The lowest BCUT2D eigenvalue weighted by Crippen LogP contribution is -2.78. The third-order valence-electron chi connectivity index (χ3n) is 5.71. The van der Waals surface area contributed by atoms with Gasteiger partial charge >= 0.3 is 0 Å². The van der Waals surface area contributed by atoms with E-state index < -0.39 is 0 Å². The highest BCUT2D eigenvalue weighted by molar-refractivity contribution is 8.13. The number of hydrogen-bond acceptors (Lipinski definition) is 0. The SMILES string of the molecule is BBB(B(B)B)B(B(B(B)B)B(B)B)B(B)c1ccccc1. The summed E-state index contributed by atoms with van der Waals surface area (Å²) >= 11 is 0. The average molecular weight is 267 g/mol. The minimum atomic E-state index is 0.628. The number of rotatable bonds is 8. The van der Waals surface area contributed by atoms with Crippen LogP contribution in [0.3, 0.4) is 0 Å². The van der Waals surface area contributed by atoms with Crippen LogP contribution in [0, 0.1) is 0 Å². The molecule has 0 aliphatic heterocycles. The largest absolute Gasteiger partial charge is 0.0985 e.